The Morgan fingerprint density at radius 1 is 1.36 bits per heavy atom. The summed E-state index contributed by atoms with van der Waals surface area (Å²) in [6, 6.07) is 0. The summed E-state index contributed by atoms with van der Waals surface area (Å²) in [5.74, 6) is 1.22. The van der Waals surface area contributed by atoms with Crippen LogP contribution in [-0.2, 0) is 5.33 Å². The molecule has 0 amide bonds. The van der Waals surface area contributed by atoms with E-state index in [1.165, 1.54) is 0 Å². The molecule has 0 fully saturated rings. The third kappa shape index (κ3) is 1.72. The number of alkyl halides is 1. The van der Waals surface area contributed by atoms with Crippen molar-refractivity contribution in [3.63, 3.8) is 0 Å². The smallest absolute Gasteiger partial charge is 0.269 e. The topological polar surface area (TPSA) is 51.8 Å². The minimum absolute atomic E-state index is 0.558. The molecule has 0 atom stereocenters. The van der Waals surface area contributed by atoms with Gasteiger partial charge in [-0.05, 0) is 13.8 Å². The van der Waals surface area contributed by atoms with E-state index in [-0.39, 0.29) is 0 Å². The molecule has 2 aromatic heterocycles. The van der Waals surface area contributed by atoms with E-state index in [0.29, 0.717) is 17.0 Å². The van der Waals surface area contributed by atoms with E-state index in [2.05, 4.69) is 31.1 Å². The van der Waals surface area contributed by atoms with Crippen LogP contribution in [0.25, 0.3) is 10.8 Å². The van der Waals surface area contributed by atoms with E-state index >= 15 is 0 Å². The largest absolute Gasteiger partial charge is 0.333 e. The van der Waals surface area contributed by atoms with Gasteiger partial charge in [0.25, 0.3) is 5.89 Å². The summed E-state index contributed by atoms with van der Waals surface area (Å²) in [5, 5.41) is 5.42. The number of halogens is 1. The number of aromatic nitrogens is 3. The van der Waals surface area contributed by atoms with Crippen LogP contribution in [0.2, 0.25) is 0 Å². The lowest BCUT2D eigenvalue weighted by Gasteiger charge is -1.86. The van der Waals surface area contributed by atoms with Gasteiger partial charge in [0.1, 0.15) is 4.88 Å². The first-order valence-electron chi connectivity index (χ1n) is 4.03. The minimum Gasteiger partial charge on any atom is -0.333 e. The van der Waals surface area contributed by atoms with Crippen LogP contribution in [0.3, 0.4) is 0 Å². The molecule has 0 saturated carbocycles. The van der Waals surface area contributed by atoms with Crippen molar-refractivity contribution in [1.82, 2.24) is 15.1 Å². The Hall–Kier alpha value is -0.750. The molecule has 0 aliphatic heterocycles. The molecule has 2 aromatic rings. The molecule has 0 spiro atoms. The van der Waals surface area contributed by atoms with Crippen molar-refractivity contribution in [2.45, 2.75) is 19.2 Å². The first-order chi connectivity index (χ1) is 6.70. The highest BCUT2D eigenvalue weighted by molar-refractivity contribution is 9.08. The van der Waals surface area contributed by atoms with Crippen LogP contribution in [0.5, 0.6) is 0 Å². The minimum atomic E-state index is 0.558. The van der Waals surface area contributed by atoms with E-state index in [4.69, 9.17) is 4.52 Å². The fraction of sp³-hybridized carbons (Fsp3) is 0.375. The van der Waals surface area contributed by atoms with Crippen molar-refractivity contribution >= 4 is 27.3 Å². The van der Waals surface area contributed by atoms with Crippen molar-refractivity contribution in [3.05, 3.63) is 16.5 Å². The Labute approximate surface area is 93.5 Å². The summed E-state index contributed by atoms with van der Waals surface area (Å²) in [6.45, 7) is 3.90. The number of thiazole rings is 1. The molecule has 4 nitrogen and oxygen atoms in total. The van der Waals surface area contributed by atoms with E-state index in [1.807, 2.05) is 13.8 Å². The maximum absolute atomic E-state index is 5.12. The normalized spacial score (nSPS) is 10.8. The summed E-state index contributed by atoms with van der Waals surface area (Å²) < 4.78 is 5.12. The Kier molecular flexibility index (Phi) is 2.64. The van der Waals surface area contributed by atoms with E-state index in [1.54, 1.807) is 11.3 Å². The summed E-state index contributed by atoms with van der Waals surface area (Å²) in [4.78, 5) is 9.48. The van der Waals surface area contributed by atoms with E-state index < -0.39 is 0 Å². The summed E-state index contributed by atoms with van der Waals surface area (Å²) in [6.07, 6.45) is 0. The monoisotopic (exact) mass is 273 g/mol. The highest BCUT2D eigenvalue weighted by atomic mass is 79.9. The lowest BCUT2D eigenvalue weighted by molar-refractivity contribution is 0.426. The van der Waals surface area contributed by atoms with Crippen LogP contribution < -0.4 is 0 Å². The molecule has 0 aliphatic carbocycles. The van der Waals surface area contributed by atoms with Gasteiger partial charge in [0, 0.05) is 0 Å². The van der Waals surface area contributed by atoms with Crippen LogP contribution in [0.1, 0.15) is 16.5 Å². The van der Waals surface area contributed by atoms with Crippen molar-refractivity contribution in [1.29, 1.82) is 0 Å². The average molecular weight is 274 g/mol. The predicted molar refractivity (Wildman–Crippen MR) is 57.5 cm³/mol. The number of hydrogen-bond donors (Lipinski definition) is 0. The molecular formula is C8H8BrN3OS. The SMILES string of the molecule is Cc1nc(C)c(-c2nc(CBr)no2)s1. The van der Waals surface area contributed by atoms with Gasteiger partial charge < -0.3 is 4.52 Å². The maximum atomic E-state index is 5.12. The highest BCUT2D eigenvalue weighted by Crippen LogP contribution is 2.28. The molecule has 0 radical (unpaired) electrons. The van der Waals surface area contributed by atoms with Crippen molar-refractivity contribution in [2.24, 2.45) is 0 Å². The van der Waals surface area contributed by atoms with Gasteiger partial charge in [-0.15, -0.1) is 11.3 Å². The second-order valence-corrected chi connectivity index (χ2v) is 4.56. The third-order valence-corrected chi connectivity index (χ3v) is 3.25. The first kappa shape index (κ1) is 9.79. The molecule has 0 unspecified atom stereocenters. The zero-order valence-electron chi connectivity index (χ0n) is 7.74. The number of hydrogen-bond acceptors (Lipinski definition) is 5. The van der Waals surface area contributed by atoms with Gasteiger partial charge in [-0.3, -0.25) is 0 Å². The Morgan fingerprint density at radius 2 is 2.14 bits per heavy atom. The van der Waals surface area contributed by atoms with E-state index in [0.717, 1.165) is 15.6 Å². The van der Waals surface area contributed by atoms with Gasteiger partial charge in [0.15, 0.2) is 5.82 Å². The van der Waals surface area contributed by atoms with Crippen LogP contribution >= 0.6 is 27.3 Å². The summed E-state index contributed by atoms with van der Waals surface area (Å²) in [7, 11) is 0. The first-order valence-corrected chi connectivity index (χ1v) is 5.97. The average Bonchev–Trinajstić information content (AvgIpc) is 2.71. The molecule has 14 heavy (non-hydrogen) atoms. The number of nitrogens with zero attached hydrogens (tertiary/aromatic N) is 3. The van der Waals surface area contributed by atoms with Crippen LogP contribution in [0, 0.1) is 13.8 Å². The van der Waals surface area contributed by atoms with E-state index in [9.17, 15) is 0 Å². The molecule has 2 rings (SSSR count). The maximum Gasteiger partial charge on any atom is 0.269 e. The lowest BCUT2D eigenvalue weighted by Crippen LogP contribution is -1.80. The summed E-state index contributed by atoms with van der Waals surface area (Å²) in [5.41, 5.74) is 0.942. The standard InChI is InChI=1S/C8H8BrN3OS/c1-4-7(14-5(2)10-4)8-11-6(3-9)12-13-8/h3H2,1-2H3. The molecule has 2 heterocycles. The fourth-order valence-corrected chi connectivity index (χ4v) is 2.20. The van der Waals surface area contributed by atoms with Gasteiger partial charge in [0.05, 0.1) is 16.0 Å². The van der Waals surface area contributed by atoms with Crippen LogP contribution in [0.4, 0.5) is 0 Å². The molecular weight excluding hydrogens is 266 g/mol. The summed E-state index contributed by atoms with van der Waals surface area (Å²) >= 11 is 4.84. The molecule has 6 heteroatoms. The molecule has 0 saturated heterocycles. The van der Waals surface area contributed by atoms with Gasteiger partial charge in [-0.2, -0.15) is 4.98 Å². The van der Waals surface area contributed by atoms with Crippen molar-refractivity contribution in [2.75, 3.05) is 0 Å². The molecule has 0 N–H and O–H groups in total. The number of rotatable bonds is 2. The zero-order valence-corrected chi connectivity index (χ0v) is 10.1. The Bertz CT molecular complexity index is 451. The second-order valence-electron chi connectivity index (χ2n) is 2.80. The molecule has 0 aliphatic rings. The fourth-order valence-electron chi connectivity index (χ4n) is 1.13. The number of aryl methyl sites for hydroxylation is 2. The van der Waals surface area contributed by atoms with Crippen molar-refractivity contribution in [3.8, 4) is 10.8 Å². The Morgan fingerprint density at radius 3 is 2.64 bits per heavy atom. The van der Waals surface area contributed by atoms with Crippen LogP contribution in [-0.4, -0.2) is 15.1 Å². The van der Waals surface area contributed by atoms with Gasteiger partial charge in [-0.1, -0.05) is 21.1 Å². The predicted octanol–water partition coefficient (Wildman–Crippen LogP) is 2.70. The second kappa shape index (κ2) is 3.78. The van der Waals surface area contributed by atoms with Crippen LogP contribution in [0.15, 0.2) is 4.52 Å². The molecule has 0 aromatic carbocycles. The highest BCUT2D eigenvalue weighted by Gasteiger charge is 2.14. The van der Waals surface area contributed by atoms with Gasteiger partial charge in [-0.25, -0.2) is 4.98 Å². The quantitative estimate of drug-likeness (QED) is 0.790. The van der Waals surface area contributed by atoms with Gasteiger partial charge >= 0.3 is 0 Å². The Balaban J connectivity index is 2.43. The molecule has 0 bridgehead atoms. The van der Waals surface area contributed by atoms with Gasteiger partial charge in [0.2, 0.25) is 0 Å². The molecule has 74 valence electrons. The lowest BCUT2D eigenvalue weighted by atomic mass is 10.4. The third-order valence-electron chi connectivity index (χ3n) is 1.69. The van der Waals surface area contributed by atoms with Crippen molar-refractivity contribution < 1.29 is 4.52 Å². The zero-order chi connectivity index (χ0) is 10.1.